The van der Waals surface area contributed by atoms with Crippen molar-refractivity contribution < 1.29 is 4.74 Å². The summed E-state index contributed by atoms with van der Waals surface area (Å²) in [5.74, 6) is 0.877. The van der Waals surface area contributed by atoms with E-state index in [0.717, 1.165) is 58.3 Å². The van der Waals surface area contributed by atoms with Gasteiger partial charge < -0.3 is 20.3 Å². The predicted octanol–water partition coefficient (Wildman–Crippen LogP) is 4.11. The van der Waals surface area contributed by atoms with Crippen molar-refractivity contribution in [3.63, 3.8) is 0 Å². The molecule has 2 N–H and O–H groups in total. The smallest absolute Gasteiger partial charge is 0.191 e. The highest BCUT2D eigenvalue weighted by Gasteiger charge is 2.14. The first-order chi connectivity index (χ1) is 15.7. The fourth-order valence-electron chi connectivity index (χ4n) is 3.91. The molecule has 6 nitrogen and oxygen atoms in total. The zero-order valence-corrected chi connectivity index (χ0v) is 22.6. The Kier molecular flexibility index (Phi) is 12.6. The second-order valence-corrected chi connectivity index (χ2v) is 8.39. The van der Waals surface area contributed by atoms with Crippen molar-refractivity contribution in [1.29, 1.82) is 0 Å². The Morgan fingerprint density at radius 2 is 1.76 bits per heavy atom. The van der Waals surface area contributed by atoms with Gasteiger partial charge >= 0.3 is 0 Å². The molecule has 2 aromatic rings. The van der Waals surface area contributed by atoms with E-state index < -0.39 is 0 Å². The molecule has 0 saturated carbocycles. The van der Waals surface area contributed by atoms with Gasteiger partial charge in [-0.25, -0.2) is 4.99 Å². The lowest BCUT2D eigenvalue weighted by atomic mass is 10.1. The van der Waals surface area contributed by atoms with Gasteiger partial charge in [-0.3, -0.25) is 4.90 Å². The maximum absolute atomic E-state index is 5.51. The molecule has 3 rings (SSSR count). The van der Waals surface area contributed by atoms with Crippen LogP contribution in [-0.2, 0) is 17.8 Å². The number of nitrogens with zero attached hydrogens (tertiary/aromatic N) is 3. The van der Waals surface area contributed by atoms with Crippen LogP contribution >= 0.6 is 24.0 Å². The van der Waals surface area contributed by atoms with Crippen molar-refractivity contribution in [3.8, 4) is 0 Å². The van der Waals surface area contributed by atoms with Gasteiger partial charge in [-0.15, -0.1) is 24.0 Å². The van der Waals surface area contributed by atoms with Crippen LogP contribution < -0.4 is 15.5 Å². The van der Waals surface area contributed by atoms with Gasteiger partial charge in [0.2, 0.25) is 0 Å². The third kappa shape index (κ3) is 9.14. The summed E-state index contributed by atoms with van der Waals surface area (Å²) in [5, 5.41) is 6.90. The number of morpholine rings is 1. The van der Waals surface area contributed by atoms with Gasteiger partial charge in [-0.2, -0.15) is 0 Å². The zero-order chi connectivity index (χ0) is 22.6. The standard InChI is InChI=1S/C26H39N5O.HI/c1-4-27-26(28-15-14-22(2)30(3)21-23-10-6-5-7-11-23)29-20-24-12-8-9-13-25(24)31-16-18-32-19-17-31;/h5-13,22H,4,14-21H2,1-3H3,(H2,27,28,29);1H. The summed E-state index contributed by atoms with van der Waals surface area (Å²) in [6.45, 7) is 11.2. The van der Waals surface area contributed by atoms with E-state index in [4.69, 9.17) is 9.73 Å². The zero-order valence-electron chi connectivity index (χ0n) is 20.3. The molecule has 0 bridgehead atoms. The molecular formula is C26H40IN5O. The van der Waals surface area contributed by atoms with E-state index in [-0.39, 0.29) is 24.0 Å². The number of nitrogens with one attached hydrogen (secondary N) is 2. The summed E-state index contributed by atoms with van der Waals surface area (Å²) in [6, 6.07) is 19.7. The van der Waals surface area contributed by atoms with Gasteiger partial charge in [0.25, 0.3) is 0 Å². The molecule has 1 heterocycles. The minimum absolute atomic E-state index is 0. The third-order valence-corrected chi connectivity index (χ3v) is 5.98. The monoisotopic (exact) mass is 565 g/mol. The van der Waals surface area contributed by atoms with Crippen molar-refractivity contribution in [3.05, 3.63) is 65.7 Å². The van der Waals surface area contributed by atoms with Gasteiger partial charge in [-0.1, -0.05) is 48.5 Å². The Morgan fingerprint density at radius 3 is 2.48 bits per heavy atom. The highest BCUT2D eigenvalue weighted by atomic mass is 127. The molecule has 0 amide bonds. The van der Waals surface area contributed by atoms with Crippen LogP contribution in [0.2, 0.25) is 0 Å². The van der Waals surface area contributed by atoms with Gasteiger partial charge in [0.05, 0.1) is 19.8 Å². The molecule has 7 heteroatoms. The van der Waals surface area contributed by atoms with E-state index in [1.165, 1.54) is 16.8 Å². The Morgan fingerprint density at radius 1 is 1.06 bits per heavy atom. The SMILES string of the molecule is CCNC(=NCc1ccccc1N1CCOCC1)NCCC(C)N(C)Cc1ccccc1.I. The molecule has 1 aliphatic rings. The van der Waals surface area contributed by atoms with Crippen molar-refractivity contribution >= 4 is 35.6 Å². The fraction of sp³-hybridized carbons (Fsp3) is 0.500. The Labute approximate surface area is 216 Å². The lowest BCUT2D eigenvalue weighted by Crippen LogP contribution is -2.40. The number of ether oxygens (including phenoxy) is 1. The maximum atomic E-state index is 5.51. The normalized spacial score (nSPS) is 15.2. The van der Waals surface area contributed by atoms with Crippen LogP contribution in [-0.4, -0.2) is 63.3 Å². The van der Waals surface area contributed by atoms with Gasteiger partial charge in [0.1, 0.15) is 0 Å². The van der Waals surface area contributed by atoms with Gasteiger partial charge in [0.15, 0.2) is 5.96 Å². The Hall–Kier alpha value is -1.84. The number of aliphatic imine (C=N–C) groups is 1. The largest absolute Gasteiger partial charge is 0.378 e. The predicted molar refractivity (Wildman–Crippen MR) is 150 cm³/mol. The molecule has 0 aromatic heterocycles. The molecule has 1 unspecified atom stereocenters. The van der Waals surface area contributed by atoms with Gasteiger partial charge in [0, 0.05) is 44.5 Å². The van der Waals surface area contributed by atoms with Crippen LogP contribution in [0.15, 0.2) is 59.6 Å². The van der Waals surface area contributed by atoms with Crippen molar-refractivity contribution in [2.45, 2.75) is 39.4 Å². The van der Waals surface area contributed by atoms with Crippen LogP contribution in [0, 0.1) is 0 Å². The molecule has 2 aromatic carbocycles. The molecule has 33 heavy (non-hydrogen) atoms. The topological polar surface area (TPSA) is 52.1 Å². The first kappa shape index (κ1) is 27.4. The first-order valence-electron chi connectivity index (χ1n) is 11.8. The summed E-state index contributed by atoms with van der Waals surface area (Å²) >= 11 is 0. The maximum Gasteiger partial charge on any atom is 0.191 e. The highest BCUT2D eigenvalue weighted by molar-refractivity contribution is 14.0. The number of rotatable bonds is 10. The molecule has 182 valence electrons. The van der Waals surface area contributed by atoms with Crippen molar-refractivity contribution in [2.24, 2.45) is 4.99 Å². The van der Waals surface area contributed by atoms with Gasteiger partial charge in [-0.05, 0) is 44.5 Å². The van der Waals surface area contributed by atoms with Crippen LogP contribution in [0.3, 0.4) is 0 Å². The van der Waals surface area contributed by atoms with E-state index in [0.29, 0.717) is 12.6 Å². The first-order valence-corrected chi connectivity index (χ1v) is 11.8. The average Bonchev–Trinajstić information content (AvgIpc) is 2.84. The van der Waals surface area contributed by atoms with Crippen molar-refractivity contribution in [1.82, 2.24) is 15.5 Å². The molecular weight excluding hydrogens is 525 g/mol. The Balaban J connectivity index is 0.00000385. The van der Waals surface area contributed by atoms with Crippen LogP contribution in [0.5, 0.6) is 0 Å². The third-order valence-electron chi connectivity index (χ3n) is 5.98. The number of halogens is 1. The number of para-hydroxylation sites is 1. The summed E-state index contributed by atoms with van der Waals surface area (Å²) < 4.78 is 5.51. The average molecular weight is 566 g/mol. The lowest BCUT2D eigenvalue weighted by Gasteiger charge is -2.30. The van der Waals surface area contributed by atoms with E-state index >= 15 is 0 Å². The quantitative estimate of drug-likeness (QED) is 0.258. The molecule has 0 aliphatic carbocycles. The summed E-state index contributed by atoms with van der Waals surface area (Å²) in [5.41, 5.74) is 3.87. The number of hydrogen-bond donors (Lipinski definition) is 2. The Bertz CT molecular complexity index is 826. The summed E-state index contributed by atoms with van der Waals surface area (Å²) in [6.07, 6.45) is 1.05. The minimum Gasteiger partial charge on any atom is -0.378 e. The molecule has 1 fully saturated rings. The van der Waals surface area contributed by atoms with E-state index in [1.807, 2.05) is 0 Å². The second kappa shape index (κ2) is 15.1. The number of anilines is 1. The molecule has 1 atom stereocenters. The second-order valence-electron chi connectivity index (χ2n) is 8.39. The molecule has 0 radical (unpaired) electrons. The number of benzene rings is 2. The minimum atomic E-state index is 0. The molecule has 1 saturated heterocycles. The molecule has 1 aliphatic heterocycles. The highest BCUT2D eigenvalue weighted by Crippen LogP contribution is 2.22. The van der Waals surface area contributed by atoms with Crippen LogP contribution in [0.25, 0.3) is 0 Å². The number of guanidine groups is 1. The van der Waals surface area contributed by atoms with E-state index in [1.54, 1.807) is 0 Å². The van der Waals surface area contributed by atoms with Crippen LogP contribution in [0.4, 0.5) is 5.69 Å². The van der Waals surface area contributed by atoms with Crippen molar-refractivity contribution in [2.75, 3.05) is 51.3 Å². The summed E-state index contributed by atoms with van der Waals surface area (Å²) in [4.78, 5) is 9.68. The summed E-state index contributed by atoms with van der Waals surface area (Å²) in [7, 11) is 2.19. The van der Waals surface area contributed by atoms with Crippen LogP contribution in [0.1, 0.15) is 31.4 Å². The fourth-order valence-corrected chi connectivity index (χ4v) is 3.91. The lowest BCUT2D eigenvalue weighted by molar-refractivity contribution is 0.122. The number of hydrogen-bond acceptors (Lipinski definition) is 4. The van der Waals surface area contributed by atoms with E-state index in [2.05, 4.69) is 95.9 Å². The van der Waals surface area contributed by atoms with E-state index in [9.17, 15) is 0 Å². The molecule has 0 spiro atoms.